The van der Waals surface area contributed by atoms with Crippen molar-refractivity contribution in [2.75, 3.05) is 14.1 Å². The number of carbonyl (C=O) groups is 1. The third kappa shape index (κ3) is 3.32. The van der Waals surface area contributed by atoms with Crippen molar-refractivity contribution >= 4 is 11.5 Å². The maximum atomic E-state index is 12.2. The van der Waals surface area contributed by atoms with Gasteiger partial charge >= 0.3 is 0 Å². The van der Waals surface area contributed by atoms with Gasteiger partial charge in [-0.05, 0) is 5.56 Å². The van der Waals surface area contributed by atoms with Crippen LogP contribution in [0.2, 0.25) is 0 Å². The van der Waals surface area contributed by atoms with Gasteiger partial charge in [-0.25, -0.2) is 0 Å². The van der Waals surface area contributed by atoms with E-state index in [4.69, 9.17) is 0 Å². The predicted octanol–water partition coefficient (Wildman–Crippen LogP) is 3.47. The van der Waals surface area contributed by atoms with Crippen molar-refractivity contribution in [2.24, 2.45) is 0 Å². The third-order valence-corrected chi connectivity index (χ3v) is 2.88. The van der Waals surface area contributed by atoms with Crippen LogP contribution < -0.4 is 0 Å². The molecule has 2 aromatic rings. The Kier molecular flexibility index (Phi) is 4.14. The lowest BCUT2D eigenvalue weighted by molar-refractivity contribution is 0.104. The molecule has 0 spiro atoms. The molecule has 2 heteroatoms. The molecule has 0 aromatic heterocycles. The lowest BCUT2D eigenvalue weighted by Gasteiger charge is -2.17. The average molecular weight is 251 g/mol. The van der Waals surface area contributed by atoms with Crippen LogP contribution in [0.25, 0.3) is 5.70 Å². The minimum absolute atomic E-state index is 0.0214. The fraction of sp³-hybridized carbons (Fsp3) is 0.118. The van der Waals surface area contributed by atoms with Crippen LogP contribution in [-0.4, -0.2) is 24.8 Å². The smallest absolute Gasteiger partial charge is 0.187 e. The first-order valence-electron chi connectivity index (χ1n) is 6.22. The first-order valence-corrected chi connectivity index (χ1v) is 6.22. The number of hydrogen-bond acceptors (Lipinski definition) is 2. The Morgan fingerprint density at radius 2 is 1.32 bits per heavy atom. The summed E-state index contributed by atoms with van der Waals surface area (Å²) in [6.07, 6.45) is 1.69. The first-order chi connectivity index (χ1) is 9.18. The van der Waals surface area contributed by atoms with Crippen molar-refractivity contribution in [2.45, 2.75) is 0 Å². The zero-order valence-corrected chi connectivity index (χ0v) is 11.2. The van der Waals surface area contributed by atoms with E-state index in [0.29, 0.717) is 5.56 Å². The summed E-state index contributed by atoms with van der Waals surface area (Å²) in [6.45, 7) is 0. The largest absolute Gasteiger partial charge is 0.377 e. The van der Waals surface area contributed by atoms with Crippen LogP contribution in [0.15, 0.2) is 66.7 Å². The van der Waals surface area contributed by atoms with Crippen molar-refractivity contribution in [3.8, 4) is 0 Å². The monoisotopic (exact) mass is 251 g/mol. The fourth-order valence-electron chi connectivity index (χ4n) is 1.89. The maximum Gasteiger partial charge on any atom is 0.187 e. The number of carbonyl (C=O) groups excluding carboxylic acids is 1. The molecular formula is C17H17NO. The Balaban J connectivity index is 2.35. The Hall–Kier alpha value is -2.35. The van der Waals surface area contributed by atoms with Gasteiger partial charge in [0, 0.05) is 31.4 Å². The molecule has 0 saturated carbocycles. The maximum absolute atomic E-state index is 12.2. The van der Waals surface area contributed by atoms with Crippen LogP contribution in [0.3, 0.4) is 0 Å². The lowest BCUT2D eigenvalue weighted by atomic mass is 10.1. The topological polar surface area (TPSA) is 20.3 Å². The van der Waals surface area contributed by atoms with E-state index in [1.807, 2.05) is 79.7 Å². The van der Waals surface area contributed by atoms with Gasteiger partial charge in [0.15, 0.2) is 5.78 Å². The number of rotatable bonds is 4. The summed E-state index contributed by atoms with van der Waals surface area (Å²) in [5.41, 5.74) is 2.66. The van der Waals surface area contributed by atoms with Gasteiger partial charge in [-0.2, -0.15) is 0 Å². The molecule has 0 aliphatic carbocycles. The van der Waals surface area contributed by atoms with E-state index in [0.717, 1.165) is 11.3 Å². The molecule has 0 amide bonds. The van der Waals surface area contributed by atoms with Gasteiger partial charge in [-0.1, -0.05) is 60.7 Å². The third-order valence-electron chi connectivity index (χ3n) is 2.88. The number of allylic oxidation sites excluding steroid dienone is 1. The van der Waals surface area contributed by atoms with E-state index in [1.54, 1.807) is 6.08 Å². The summed E-state index contributed by atoms with van der Waals surface area (Å²) in [6, 6.07) is 19.2. The van der Waals surface area contributed by atoms with Gasteiger partial charge in [0.2, 0.25) is 0 Å². The van der Waals surface area contributed by atoms with Gasteiger partial charge in [-0.3, -0.25) is 4.79 Å². The van der Waals surface area contributed by atoms with Crippen LogP contribution in [0.1, 0.15) is 15.9 Å². The second kappa shape index (κ2) is 6.01. The molecular weight excluding hydrogens is 234 g/mol. The summed E-state index contributed by atoms with van der Waals surface area (Å²) in [7, 11) is 3.88. The van der Waals surface area contributed by atoms with Crippen molar-refractivity contribution < 1.29 is 4.79 Å². The zero-order chi connectivity index (χ0) is 13.7. The molecule has 0 bridgehead atoms. The van der Waals surface area contributed by atoms with Crippen LogP contribution in [-0.2, 0) is 0 Å². The highest BCUT2D eigenvalue weighted by molar-refractivity contribution is 6.08. The van der Waals surface area contributed by atoms with Crippen LogP contribution in [0.5, 0.6) is 0 Å². The minimum atomic E-state index is 0.0214. The summed E-state index contributed by atoms with van der Waals surface area (Å²) in [5, 5.41) is 0. The summed E-state index contributed by atoms with van der Waals surface area (Å²) >= 11 is 0. The number of ketones is 1. The van der Waals surface area contributed by atoms with Crippen molar-refractivity contribution in [1.82, 2.24) is 4.90 Å². The van der Waals surface area contributed by atoms with Gasteiger partial charge in [0.05, 0.1) is 0 Å². The average Bonchev–Trinajstić information content (AvgIpc) is 2.46. The Morgan fingerprint density at radius 3 is 1.79 bits per heavy atom. The molecule has 19 heavy (non-hydrogen) atoms. The van der Waals surface area contributed by atoms with E-state index < -0.39 is 0 Å². The minimum Gasteiger partial charge on any atom is -0.377 e. The van der Waals surface area contributed by atoms with Crippen molar-refractivity contribution in [3.05, 3.63) is 77.9 Å². The van der Waals surface area contributed by atoms with Crippen LogP contribution in [0.4, 0.5) is 0 Å². The second-order valence-electron chi connectivity index (χ2n) is 4.52. The summed E-state index contributed by atoms with van der Waals surface area (Å²) in [4.78, 5) is 14.2. The molecule has 0 fully saturated rings. The Labute approximate surface area is 114 Å². The molecule has 0 aliphatic heterocycles. The summed E-state index contributed by atoms with van der Waals surface area (Å²) < 4.78 is 0. The second-order valence-corrected chi connectivity index (χ2v) is 4.52. The molecule has 0 unspecified atom stereocenters. The van der Waals surface area contributed by atoms with E-state index >= 15 is 0 Å². The van der Waals surface area contributed by atoms with Gasteiger partial charge < -0.3 is 4.90 Å². The molecule has 2 aromatic carbocycles. The van der Waals surface area contributed by atoms with E-state index in [1.165, 1.54) is 0 Å². The molecule has 0 N–H and O–H groups in total. The highest BCUT2D eigenvalue weighted by atomic mass is 16.1. The molecule has 0 aliphatic rings. The molecule has 0 saturated heterocycles. The fourth-order valence-corrected chi connectivity index (χ4v) is 1.89. The van der Waals surface area contributed by atoms with E-state index in [9.17, 15) is 4.79 Å². The van der Waals surface area contributed by atoms with Crippen LogP contribution in [0, 0.1) is 0 Å². The van der Waals surface area contributed by atoms with Gasteiger partial charge in [0.1, 0.15) is 0 Å². The molecule has 2 nitrogen and oxygen atoms in total. The van der Waals surface area contributed by atoms with E-state index in [2.05, 4.69) is 0 Å². The van der Waals surface area contributed by atoms with E-state index in [-0.39, 0.29) is 5.78 Å². The molecule has 2 rings (SSSR count). The van der Waals surface area contributed by atoms with Gasteiger partial charge in [0.25, 0.3) is 0 Å². The highest BCUT2D eigenvalue weighted by Gasteiger charge is 2.08. The number of hydrogen-bond donors (Lipinski definition) is 0. The van der Waals surface area contributed by atoms with Crippen molar-refractivity contribution in [3.63, 3.8) is 0 Å². The first kappa shape index (κ1) is 13.1. The normalized spacial score (nSPS) is 11.2. The number of nitrogens with zero attached hydrogens (tertiary/aromatic N) is 1. The summed E-state index contributed by atoms with van der Waals surface area (Å²) in [5.74, 6) is 0.0214. The highest BCUT2D eigenvalue weighted by Crippen LogP contribution is 2.17. The Morgan fingerprint density at radius 1 is 0.842 bits per heavy atom. The Bertz CT molecular complexity index is 571. The lowest BCUT2D eigenvalue weighted by Crippen LogP contribution is -2.12. The number of benzene rings is 2. The standard InChI is InChI=1S/C17H17NO/c1-18(2)16(14-9-5-3-6-10-14)13-17(19)15-11-7-4-8-12-15/h3-13H,1-2H3/b16-13-. The molecule has 0 radical (unpaired) electrons. The predicted molar refractivity (Wildman–Crippen MR) is 78.9 cm³/mol. The molecule has 96 valence electrons. The molecule has 0 heterocycles. The van der Waals surface area contributed by atoms with Gasteiger partial charge in [-0.15, -0.1) is 0 Å². The zero-order valence-electron chi connectivity index (χ0n) is 11.2. The van der Waals surface area contributed by atoms with Crippen LogP contribution >= 0.6 is 0 Å². The van der Waals surface area contributed by atoms with Crippen molar-refractivity contribution in [1.29, 1.82) is 0 Å². The molecule has 0 atom stereocenters. The quantitative estimate of drug-likeness (QED) is 0.612. The SMILES string of the molecule is CN(C)/C(=C\C(=O)c1ccccc1)c1ccccc1.